The number of morpholine rings is 1. The van der Waals surface area contributed by atoms with Gasteiger partial charge in [-0.1, -0.05) is 11.6 Å². The van der Waals surface area contributed by atoms with Gasteiger partial charge < -0.3 is 14.8 Å². The fourth-order valence-electron chi connectivity index (χ4n) is 2.03. The van der Waals surface area contributed by atoms with Crippen LogP contribution in [0.4, 0.5) is 0 Å². The number of rotatable bonds is 3. The topological polar surface area (TPSA) is 87.1 Å². The van der Waals surface area contributed by atoms with E-state index in [-0.39, 0.29) is 4.90 Å². The van der Waals surface area contributed by atoms with Gasteiger partial charge in [-0.05, 0) is 24.5 Å². The number of hydrogen-bond acceptors (Lipinski definition) is 5. The van der Waals surface area contributed by atoms with Gasteiger partial charge in [0.25, 0.3) is 0 Å². The van der Waals surface area contributed by atoms with Crippen molar-refractivity contribution in [3.63, 3.8) is 0 Å². The van der Waals surface area contributed by atoms with Gasteiger partial charge in [0.1, 0.15) is 0 Å². The first kappa shape index (κ1) is 14.5. The molecule has 2 N–H and O–H groups in total. The molecule has 1 aromatic rings. The van der Waals surface area contributed by atoms with Crippen molar-refractivity contribution in [2.45, 2.75) is 11.8 Å². The summed E-state index contributed by atoms with van der Waals surface area (Å²) < 4.78 is 31.2. The summed E-state index contributed by atoms with van der Waals surface area (Å²) in [5, 5.41) is 18.3. The molecule has 1 saturated heterocycles. The van der Waals surface area contributed by atoms with E-state index in [1.165, 1.54) is 22.5 Å². The smallest absolute Gasteiger partial charge is 0.423 e. The molecule has 0 atom stereocenters. The number of hydrogen-bond donors (Lipinski definition) is 2. The predicted molar refractivity (Wildman–Crippen MR) is 70.6 cm³/mol. The fourth-order valence-corrected chi connectivity index (χ4v) is 3.53. The third kappa shape index (κ3) is 2.98. The van der Waals surface area contributed by atoms with E-state index in [0.717, 1.165) is 0 Å². The molecule has 0 radical (unpaired) electrons. The zero-order valence-corrected chi connectivity index (χ0v) is 11.4. The maximum absolute atomic E-state index is 12.4. The van der Waals surface area contributed by atoms with Crippen LogP contribution in [0.1, 0.15) is 5.56 Å². The van der Waals surface area contributed by atoms with Gasteiger partial charge in [0.2, 0.25) is 10.0 Å². The fraction of sp³-hybridized carbons (Fsp3) is 0.455. The SMILES string of the molecule is Cc1cc(S(=O)(=O)N2CCOCC2)ccc1B(O)O. The molecule has 0 aromatic heterocycles. The van der Waals surface area contributed by atoms with E-state index < -0.39 is 17.1 Å². The van der Waals surface area contributed by atoms with Crippen molar-refractivity contribution in [3.8, 4) is 0 Å². The Balaban J connectivity index is 2.33. The summed E-state index contributed by atoms with van der Waals surface area (Å²) in [6.07, 6.45) is 0. The summed E-state index contributed by atoms with van der Waals surface area (Å²) in [5.74, 6) is 0. The normalized spacial score (nSPS) is 17.4. The van der Waals surface area contributed by atoms with Crippen molar-refractivity contribution >= 4 is 22.6 Å². The summed E-state index contributed by atoms with van der Waals surface area (Å²) in [6, 6.07) is 4.28. The maximum atomic E-state index is 12.4. The van der Waals surface area contributed by atoms with Crippen LogP contribution < -0.4 is 5.46 Å². The first-order valence-corrected chi connectivity index (χ1v) is 7.41. The molecule has 1 fully saturated rings. The van der Waals surface area contributed by atoms with Crippen LogP contribution in [0.3, 0.4) is 0 Å². The molecule has 0 saturated carbocycles. The summed E-state index contributed by atoms with van der Waals surface area (Å²) in [5.41, 5.74) is 0.838. The highest BCUT2D eigenvalue weighted by atomic mass is 32.2. The minimum atomic E-state index is -3.54. The van der Waals surface area contributed by atoms with Crippen molar-refractivity contribution in [3.05, 3.63) is 23.8 Å². The standard InChI is InChI=1S/C11H16BNO5S/c1-9-8-10(2-3-11(9)12(14)15)19(16,17)13-4-6-18-7-5-13/h2-3,8,14-15H,4-7H2,1H3. The molecule has 104 valence electrons. The Bertz CT molecular complexity index is 554. The molecule has 1 aliphatic heterocycles. The lowest BCUT2D eigenvalue weighted by molar-refractivity contribution is 0.0730. The Morgan fingerprint density at radius 1 is 1.26 bits per heavy atom. The second-order valence-corrected chi connectivity index (χ2v) is 6.35. The molecule has 0 spiro atoms. The number of sulfonamides is 1. The number of nitrogens with zero attached hydrogens (tertiary/aromatic N) is 1. The Morgan fingerprint density at radius 2 is 1.89 bits per heavy atom. The van der Waals surface area contributed by atoms with Gasteiger partial charge in [0.15, 0.2) is 0 Å². The molecule has 2 rings (SSSR count). The molecule has 0 aliphatic carbocycles. The van der Waals surface area contributed by atoms with Gasteiger partial charge in [-0.15, -0.1) is 0 Å². The van der Waals surface area contributed by atoms with Crippen molar-refractivity contribution < 1.29 is 23.2 Å². The third-order valence-electron chi connectivity index (χ3n) is 3.13. The van der Waals surface area contributed by atoms with Gasteiger partial charge in [-0.3, -0.25) is 0 Å². The molecular weight excluding hydrogens is 269 g/mol. The van der Waals surface area contributed by atoms with Gasteiger partial charge in [-0.25, -0.2) is 8.42 Å². The van der Waals surface area contributed by atoms with Crippen molar-refractivity contribution in [2.75, 3.05) is 26.3 Å². The monoisotopic (exact) mass is 285 g/mol. The molecule has 0 unspecified atom stereocenters. The Kier molecular flexibility index (Phi) is 4.27. The lowest BCUT2D eigenvalue weighted by atomic mass is 9.77. The molecule has 19 heavy (non-hydrogen) atoms. The predicted octanol–water partition coefficient (Wildman–Crippen LogP) is -1.30. The van der Waals surface area contributed by atoms with Crippen LogP contribution in [0.2, 0.25) is 0 Å². The van der Waals surface area contributed by atoms with Gasteiger partial charge >= 0.3 is 7.12 Å². The van der Waals surface area contributed by atoms with Crippen LogP contribution in [0.15, 0.2) is 23.1 Å². The summed E-state index contributed by atoms with van der Waals surface area (Å²) in [6.45, 7) is 3.11. The van der Waals surface area contributed by atoms with E-state index in [1.54, 1.807) is 6.92 Å². The van der Waals surface area contributed by atoms with Crippen molar-refractivity contribution in [1.82, 2.24) is 4.31 Å². The summed E-state index contributed by atoms with van der Waals surface area (Å²) in [4.78, 5) is 0.163. The number of aryl methyl sites for hydroxylation is 1. The molecule has 1 aromatic carbocycles. The van der Waals surface area contributed by atoms with E-state index in [2.05, 4.69) is 0 Å². The van der Waals surface area contributed by atoms with E-state index in [0.29, 0.717) is 37.3 Å². The van der Waals surface area contributed by atoms with Gasteiger partial charge in [0.05, 0.1) is 18.1 Å². The van der Waals surface area contributed by atoms with Crippen LogP contribution in [0, 0.1) is 6.92 Å². The van der Waals surface area contributed by atoms with Crippen LogP contribution in [-0.4, -0.2) is 56.2 Å². The lowest BCUT2D eigenvalue weighted by Gasteiger charge is -2.26. The molecule has 1 aliphatic rings. The average Bonchev–Trinajstić information content (AvgIpc) is 2.39. The minimum absolute atomic E-state index is 0.163. The van der Waals surface area contributed by atoms with Crippen LogP contribution >= 0.6 is 0 Å². The lowest BCUT2D eigenvalue weighted by Crippen LogP contribution is -2.41. The number of benzene rings is 1. The van der Waals surface area contributed by atoms with E-state index in [1.807, 2.05) is 0 Å². The van der Waals surface area contributed by atoms with Gasteiger partial charge in [-0.2, -0.15) is 4.31 Å². The van der Waals surface area contributed by atoms with Crippen molar-refractivity contribution in [2.24, 2.45) is 0 Å². The second kappa shape index (κ2) is 5.60. The van der Waals surface area contributed by atoms with Crippen LogP contribution in [0.25, 0.3) is 0 Å². The average molecular weight is 285 g/mol. The largest absolute Gasteiger partial charge is 0.488 e. The molecule has 0 amide bonds. The second-order valence-electron chi connectivity index (χ2n) is 4.41. The van der Waals surface area contributed by atoms with E-state index in [4.69, 9.17) is 14.8 Å². The van der Waals surface area contributed by atoms with E-state index >= 15 is 0 Å². The zero-order chi connectivity index (χ0) is 14.0. The highest BCUT2D eigenvalue weighted by Crippen LogP contribution is 2.17. The minimum Gasteiger partial charge on any atom is -0.423 e. The Morgan fingerprint density at radius 3 is 2.42 bits per heavy atom. The van der Waals surface area contributed by atoms with Crippen LogP contribution in [-0.2, 0) is 14.8 Å². The van der Waals surface area contributed by atoms with Crippen molar-refractivity contribution in [1.29, 1.82) is 0 Å². The summed E-state index contributed by atoms with van der Waals surface area (Å²) in [7, 11) is -5.13. The Hall–Kier alpha value is -0.925. The molecule has 1 heterocycles. The highest BCUT2D eigenvalue weighted by Gasteiger charge is 2.27. The molecule has 0 bridgehead atoms. The highest BCUT2D eigenvalue weighted by molar-refractivity contribution is 7.89. The van der Waals surface area contributed by atoms with E-state index in [9.17, 15) is 8.42 Å². The number of ether oxygens (including phenoxy) is 1. The maximum Gasteiger partial charge on any atom is 0.488 e. The Labute approximate surface area is 112 Å². The molecular formula is C11H16BNO5S. The first-order valence-electron chi connectivity index (χ1n) is 5.97. The first-order chi connectivity index (χ1) is 8.93. The third-order valence-corrected chi connectivity index (χ3v) is 5.02. The quantitative estimate of drug-likeness (QED) is 0.674. The molecule has 6 nitrogen and oxygen atoms in total. The van der Waals surface area contributed by atoms with Gasteiger partial charge in [0, 0.05) is 13.1 Å². The van der Waals surface area contributed by atoms with Crippen LogP contribution in [0.5, 0.6) is 0 Å². The summed E-state index contributed by atoms with van der Waals surface area (Å²) >= 11 is 0. The zero-order valence-electron chi connectivity index (χ0n) is 10.6. The molecule has 8 heteroatoms.